The maximum Gasteiger partial charge on any atom is 0.157 e. The fourth-order valence-electron chi connectivity index (χ4n) is 2.07. The van der Waals surface area contributed by atoms with Crippen LogP contribution in [0.4, 0.5) is 0 Å². The standard InChI is InChI=1S/C16H28O2/c1-4-14(2)8-7-9-15(3)11-13-18-16-10-5-6-12-17-16/h4,8,15-16H,1,5-7,9-13H2,2-3H3/b14-8+/t15-,16?/m1/s1. The summed E-state index contributed by atoms with van der Waals surface area (Å²) in [5.41, 5.74) is 1.27. The lowest BCUT2D eigenvalue weighted by atomic mass is 10.0. The molecule has 0 amide bonds. The smallest absolute Gasteiger partial charge is 0.157 e. The van der Waals surface area contributed by atoms with Crippen molar-refractivity contribution < 1.29 is 9.47 Å². The summed E-state index contributed by atoms with van der Waals surface area (Å²) < 4.78 is 11.3. The van der Waals surface area contributed by atoms with Crippen LogP contribution in [0, 0.1) is 5.92 Å². The zero-order valence-electron chi connectivity index (χ0n) is 12.0. The number of allylic oxidation sites excluding steroid dienone is 3. The molecule has 18 heavy (non-hydrogen) atoms. The summed E-state index contributed by atoms with van der Waals surface area (Å²) in [6, 6.07) is 0. The van der Waals surface area contributed by atoms with E-state index in [1.807, 2.05) is 6.08 Å². The minimum absolute atomic E-state index is 0.0638. The molecule has 0 spiro atoms. The molecule has 1 unspecified atom stereocenters. The molecule has 1 aliphatic rings. The van der Waals surface area contributed by atoms with Gasteiger partial charge in [-0.15, -0.1) is 0 Å². The van der Waals surface area contributed by atoms with Crippen LogP contribution in [0.3, 0.4) is 0 Å². The van der Waals surface area contributed by atoms with Crippen molar-refractivity contribution in [3.8, 4) is 0 Å². The third-order valence-corrected chi connectivity index (χ3v) is 3.50. The Hall–Kier alpha value is -0.600. The van der Waals surface area contributed by atoms with Crippen molar-refractivity contribution in [1.29, 1.82) is 0 Å². The van der Waals surface area contributed by atoms with Gasteiger partial charge in [0.15, 0.2) is 6.29 Å². The van der Waals surface area contributed by atoms with Gasteiger partial charge < -0.3 is 9.47 Å². The first-order valence-electron chi connectivity index (χ1n) is 7.24. The molecule has 0 aromatic rings. The number of ether oxygens (including phenoxy) is 2. The predicted octanol–water partition coefficient (Wildman–Crippen LogP) is 4.47. The molecule has 1 heterocycles. The predicted molar refractivity (Wildman–Crippen MR) is 76.5 cm³/mol. The summed E-state index contributed by atoms with van der Waals surface area (Å²) in [4.78, 5) is 0. The lowest BCUT2D eigenvalue weighted by Gasteiger charge is -2.23. The van der Waals surface area contributed by atoms with Crippen LogP contribution >= 0.6 is 0 Å². The molecule has 2 nitrogen and oxygen atoms in total. The molecule has 0 N–H and O–H groups in total. The van der Waals surface area contributed by atoms with Crippen molar-refractivity contribution in [1.82, 2.24) is 0 Å². The Morgan fingerprint density at radius 2 is 2.28 bits per heavy atom. The van der Waals surface area contributed by atoms with E-state index < -0.39 is 0 Å². The van der Waals surface area contributed by atoms with Gasteiger partial charge in [0.2, 0.25) is 0 Å². The largest absolute Gasteiger partial charge is 0.353 e. The molecule has 0 aromatic heterocycles. The van der Waals surface area contributed by atoms with Gasteiger partial charge in [0.1, 0.15) is 0 Å². The van der Waals surface area contributed by atoms with Gasteiger partial charge in [0, 0.05) is 13.2 Å². The van der Waals surface area contributed by atoms with Gasteiger partial charge in [-0.25, -0.2) is 0 Å². The van der Waals surface area contributed by atoms with Crippen LogP contribution in [0.2, 0.25) is 0 Å². The Labute approximate surface area is 112 Å². The quantitative estimate of drug-likeness (QED) is 0.593. The van der Waals surface area contributed by atoms with Crippen LogP contribution in [0.1, 0.15) is 52.4 Å². The van der Waals surface area contributed by atoms with Gasteiger partial charge in [0.25, 0.3) is 0 Å². The SMILES string of the molecule is C=C/C(C)=C/CC[C@@H](C)CCOC1CCCCO1. The second kappa shape index (κ2) is 9.35. The molecule has 0 bridgehead atoms. The van der Waals surface area contributed by atoms with Gasteiger partial charge in [-0.05, 0) is 51.4 Å². The monoisotopic (exact) mass is 252 g/mol. The summed E-state index contributed by atoms with van der Waals surface area (Å²) in [5.74, 6) is 0.711. The molecular weight excluding hydrogens is 224 g/mol. The summed E-state index contributed by atoms with van der Waals surface area (Å²) in [5, 5.41) is 0. The zero-order chi connectivity index (χ0) is 13.2. The number of hydrogen-bond donors (Lipinski definition) is 0. The van der Waals surface area contributed by atoms with Crippen LogP contribution < -0.4 is 0 Å². The first-order chi connectivity index (χ1) is 8.72. The average molecular weight is 252 g/mol. The molecule has 2 heteroatoms. The Balaban J connectivity index is 2.02. The molecule has 1 fully saturated rings. The molecule has 0 aromatic carbocycles. The highest BCUT2D eigenvalue weighted by Crippen LogP contribution is 2.16. The molecule has 1 rings (SSSR count). The third kappa shape index (κ3) is 6.97. The maximum absolute atomic E-state index is 5.75. The molecule has 1 saturated heterocycles. The molecule has 2 atom stereocenters. The fraction of sp³-hybridized carbons (Fsp3) is 0.750. The number of hydrogen-bond acceptors (Lipinski definition) is 2. The summed E-state index contributed by atoms with van der Waals surface area (Å²) in [6.45, 7) is 9.85. The number of rotatable bonds is 8. The van der Waals surface area contributed by atoms with E-state index in [4.69, 9.17) is 9.47 Å². The maximum atomic E-state index is 5.75. The minimum Gasteiger partial charge on any atom is -0.353 e. The summed E-state index contributed by atoms with van der Waals surface area (Å²) >= 11 is 0. The van der Waals surface area contributed by atoms with Crippen molar-refractivity contribution in [3.63, 3.8) is 0 Å². The lowest BCUT2D eigenvalue weighted by Crippen LogP contribution is -2.23. The highest BCUT2D eigenvalue weighted by atomic mass is 16.7. The molecule has 0 aliphatic carbocycles. The van der Waals surface area contributed by atoms with Crippen LogP contribution in [0.25, 0.3) is 0 Å². The Morgan fingerprint density at radius 1 is 1.44 bits per heavy atom. The average Bonchev–Trinajstić information content (AvgIpc) is 2.39. The van der Waals surface area contributed by atoms with Crippen molar-refractivity contribution in [3.05, 3.63) is 24.3 Å². The van der Waals surface area contributed by atoms with Crippen LogP contribution in [0.15, 0.2) is 24.3 Å². The lowest BCUT2D eigenvalue weighted by molar-refractivity contribution is -0.163. The Kier molecular flexibility index (Phi) is 8.03. The highest BCUT2D eigenvalue weighted by molar-refractivity contribution is 5.12. The van der Waals surface area contributed by atoms with E-state index in [1.165, 1.54) is 24.8 Å². The Morgan fingerprint density at radius 3 is 2.94 bits per heavy atom. The van der Waals surface area contributed by atoms with Crippen molar-refractivity contribution in [2.45, 2.75) is 58.7 Å². The third-order valence-electron chi connectivity index (χ3n) is 3.50. The van der Waals surface area contributed by atoms with Gasteiger partial charge in [-0.3, -0.25) is 0 Å². The normalized spacial score (nSPS) is 22.8. The highest BCUT2D eigenvalue weighted by Gasteiger charge is 2.14. The first kappa shape index (κ1) is 15.5. The van der Waals surface area contributed by atoms with Gasteiger partial charge in [-0.1, -0.05) is 31.2 Å². The van der Waals surface area contributed by atoms with Crippen molar-refractivity contribution in [2.75, 3.05) is 13.2 Å². The molecule has 0 saturated carbocycles. The van der Waals surface area contributed by atoms with E-state index >= 15 is 0 Å². The molecular formula is C16H28O2. The van der Waals surface area contributed by atoms with Crippen molar-refractivity contribution in [2.24, 2.45) is 5.92 Å². The topological polar surface area (TPSA) is 18.5 Å². The van der Waals surface area contributed by atoms with E-state index in [0.29, 0.717) is 5.92 Å². The second-order valence-electron chi connectivity index (χ2n) is 5.29. The van der Waals surface area contributed by atoms with Crippen LogP contribution in [-0.2, 0) is 9.47 Å². The first-order valence-corrected chi connectivity index (χ1v) is 7.24. The zero-order valence-corrected chi connectivity index (χ0v) is 12.0. The second-order valence-corrected chi connectivity index (χ2v) is 5.29. The fourth-order valence-corrected chi connectivity index (χ4v) is 2.07. The molecule has 104 valence electrons. The summed E-state index contributed by atoms with van der Waals surface area (Å²) in [7, 11) is 0. The van der Waals surface area contributed by atoms with E-state index in [9.17, 15) is 0 Å². The molecule has 0 radical (unpaired) electrons. The van der Waals surface area contributed by atoms with E-state index in [0.717, 1.165) is 32.5 Å². The Bertz CT molecular complexity index is 252. The van der Waals surface area contributed by atoms with E-state index in [-0.39, 0.29) is 6.29 Å². The van der Waals surface area contributed by atoms with Gasteiger partial charge in [-0.2, -0.15) is 0 Å². The van der Waals surface area contributed by atoms with Crippen LogP contribution in [-0.4, -0.2) is 19.5 Å². The van der Waals surface area contributed by atoms with E-state index in [1.54, 1.807) is 0 Å². The van der Waals surface area contributed by atoms with Gasteiger partial charge >= 0.3 is 0 Å². The van der Waals surface area contributed by atoms with Crippen LogP contribution in [0.5, 0.6) is 0 Å². The minimum atomic E-state index is 0.0638. The van der Waals surface area contributed by atoms with Crippen molar-refractivity contribution >= 4 is 0 Å². The van der Waals surface area contributed by atoms with Gasteiger partial charge in [0.05, 0.1) is 0 Å². The van der Waals surface area contributed by atoms with E-state index in [2.05, 4.69) is 26.5 Å². The summed E-state index contributed by atoms with van der Waals surface area (Å²) in [6.07, 6.45) is 11.2. The molecule has 1 aliphatic heterocycles.